The molecule has 2 rings (SSSR count). The number of aromatic nitrogens is 3. The van der Waals surface area contributed by atoms with Crippen molar-refractivity contribution in [2.24, 2.45) is 0 Å². The highest BCUT2D eigenvalue weighted by molar-refractivity contribution is 6.20. The number of aryl methyl sites for hydroxylation is 1. The van der Waals surface area contributed by atoms with Crippen LogP contribution in [-0.2, 0) is 0 Å². The van der Waals surface area contributed by atoms with Crippen molar-refractivity contribution in [1.29, 1.82) is 0 Å². The van der Waals surface area contributed by atoms with Gasteiger partial charge in [0.15, 0.2) is 0 Å². The lowest BCUT2D eigenvalue weighted by Crippen LogP contribution is -1.96. The molecule has 0 N–H and O–H groups in total. The number of nitrogens with zero attached hydrogens (tertiary/aromatic N) is 3. The number of halogens is 1. The van der Waals surface area contributed by atoms with E-state index in [1.54, 1.807) is 11.8 Å². The van der Waals surface area contributed by atoms with Gasteiger partial charge in [-0.2, -0.15) is 0 Å². The molecule has 5 heteroatoms. The molecule has 0 bridgehead atoms. The summed E-state index contributed by atoms with van der Waals surface area (Å²) in [6.45, 7) is 4.02. The monoisotopic (exact) mass is 265 g/mol. The molecule has 2 aromatic rings. The van der Waals surface area contributed by atoms with Crippen molar-refractivity contribution in [2.75, 3.05) is 7.11 Å². The lowest BCUT2D eigenvalue weighted by atomic mass is 10.2. The van der Waals surface area contributed by atoms with Gasteiger partial charge in [0.25, 0.3) is 0 Å². The van der Waals surface area contributed by atoms with Crippen molar-refractivity contribution in [3.63, 3.8) is 0 Å². The first-order valence-electron chi connectivity index (χ1n) is 5.87. The van der Waals surface area contributed by atoms with Crippen molar-refractivity contribution >= 4 is 11.6 Å². The van der Waals surface area contributed by atoms with Gasteiger partial charge in [-0.1, -0.05) is 12.1 Å². The smallest absolute Gasteiger partial charge is 0.121 e. The van der Waals surface area contributed by atoms with E-state index in [0.717, 1.165) is 29.1 Å². The number of benzene rings is 1. The van der Waals surface area contributed by atoms with Crippen LogP contribution in [0.5, 0.6) is 5.75 Å². The number of rotatable bonds is 4. The molecule has 0 radical (unpaired) electrons. The third-order valence-electron chi connectivity index (χ3n) is 2.83. The van der Waals surface area contributed by atoms with Crippen LogP contribution >= 0.6 is 11.6 Å². The fraction of sp³-hybridized carbons (Fsp3) is 0.385. The number of hydrogen-bond acceptors (Lipinski definition) is 3. The Hall–Kier alpha value is -1.55. The summed E-state index contributed by atoms with van der Waals surface area (Å²) in [6.07, 6.45) is 2.70. The van der Waals surface area contributed by atoms with E-state index in [4.69, 9.17) is 16.3 Å². The van der Waals surface area contributed by atoms with E-state index in [0.29, 0.717) is 0 Å². The molecule has 18 heavy (non-hydrogen) atoms. The lowest BCUT2D eigenvalue weighted by molar-refractivity contribution is 0.411. The third-order valence-corrected chi connectivity index (χ3v) is 3.37. The summed E-state index contributed by atoms with van der Waals surface area (Å²) in [7, 11) is 1.66. The quantitative estimate of drug-likeness (QED) is 0.797. The zero-order valence-corrected chi connectivity index (χ0v) is 11.5. The minimum Gasteiger partial charge on any atom is -0.496 e. The Morgan fingerprint density at radius 2 is 2.22 bits per heavy atom. The van der Waals surface area contributed by atoms with Gasteiger partial charge in [0.05, 0.1) is 24.4 Å². The molecule has 0 saturated carbocycles. The van der Waals surface area contributed by atoms with Crippen LogP contribution in [0.2, 0.25) is 0 Å². The normalized spacial score (nSPS) is 12.4. The summed E-state index contributed by atoms with van der Waals surface area (Å²) in [5.74, 6) is 0.864. The molecule has 1 heterocycles. The van der Waals surface area contributed by atoms with Gasteiger partial charge in [0, 0.05) is 0 Å². The first-order chi connectivity index (χ1) is 8.65. The molecule has 0 fully saturated rings. The molecule has 0 amide bonds. The van der Waals surface area contributed by atoms with Gasteiger partial charge in [-0.15, -0.1) is 16.7 Å². The maximum absolute atomic E-state index is 6.13. The minimum absolute atomic E-state index is 0.0851. The number of methoxy groups -OCH3 is 1. The molecule has 1 atom stereocenters. The molecule has 1 aromatic heterocycles. The van der Waals surface area contributed by atoms with E-state index in [2.05, 4.69) is 10.3 Å². The molecule has 0 aliphatic rings. The summed E-state index contributed by atoms with van der Waals surface area (Å²) < 4.78 is 6.96. The van der Waals surface area contributed by atoms with E-state index in [-0.39, 0.29) is 5.38 Å². The van der Waals surface area contributed by atoms with Crippen LogP contribution < -0.4 is 4.74 Å². The second-order valence-electron chi connectivity index (χ2n) is 4.12. The van der Waals surface area contributed by atoms with E-state index in [9.17, 15) is 0 Å². The summed E-state index contributed by atoms with van der Waals surface area (Å²) >= 11 is 6.13. The Morgan fingerprint density at radius 1 is 1.44 bits per heavy atom. The Bertz CT molecular complexity index is 539. The maximum Gasteiger partial charge on any atom is 0.121 e. The number of alkyl halides is 1. The first-order valence-corrected chi connectivity index (χ1v) is 6.30. The number of ether oxygens (including phenoxy) is 1. The van der Waals surface area contributed by atoms with Gasteiger partial charge in [-0.05, 0) is 37.1 Å². The van der Waals surface area contributed by atoms with Crippen LogP contribution in [0.3, 0.4) is 0 Å². The average molecular weight is 266 g/mol. The fourth-order valence-electron chi connectivity index (χ4n) is 1.76. The highest BCUT2D eigenvalue weighted by atomic mass is 35.5. The van der Waals surface area contributed by atoms with Gasteiger partial charge in [0.1, 0.15) is 11.4 Å². The van der Waals surface area contributed by atoms with Gasteiger partial charge in [-0.25, -0.2) is 4.68 Å². The van der Waals surface area contributed by atoms with E-state index in [1.807, 2.05) is 38.2 Å². The molecular formula is C13H16ClN3O. The molecule has 4 nitrogen and oxygen atoms in total. The Kier molecular flexibility index (Phi) is 3.87. The summed E-state index contributed by atoms with van der Waals surface area (Å²) in [5.41, 5.74) is 2.81. The second kappa shape index (κ2) is 5.40. The predicted molar refractivity (Wildman–Crippen MR) is 71.5 cm³/mol. The molecule has 0 spiro atoms. The summed E-state index contributed by atoms with van der Waals surface area (Å²) in [4.78, 5) is 0. The van der Waals surface area contributed by atoms with Gasteiger partial charge < -0.3 is 4.74 Å². The zero-order chi connectivity index (χ0) is 13.1. The van der Waals surface area contributed by atoms with Crippen LogP contribution in [0.15, 0.2) is 24.4 Å². The summed E-state index contributed by atoms with van der Waals surface area (Å²) in [5, 5.41) is 8.09. The fourth-order valence-corrected chi connectivity index (χ4v) is 1.86. The Morgan fingerprint density at radius 3 is 2.83 bits per heavy atom. The van der Waals surface area contributed by atoms with E-state index < -0.39 is 0 Å². The maximum atomic E-state index is 6.13. The zero-order valence-electron chi connectivity index (χ0n) is 10.7. The van der Waals surface area contributed by atoms with Crippen molar-refractivity contribution in [3.05, 3.63) is 35.7 Å². The molecular weight excluding hydrogens is 250 g/mol. The SMILES string of the molecule is CCC(Cl)c1cn(-c2ccc(OC)c(C)c2)nn1. The van der Waals surface area contributed by atoms with Crippen molar-refractivity contribution < 1.29 is 4.74 Å². The third kappa shape index (κ3) is 2.48. The molecule has 1 unspecified atom stereocenters. The highest BCUT2D eigenvalue weighted by Gasteiger charge is 2.11. The predicted octanol–water partition coefficient (Wildman–Crippen LogP) is 3.27. The van der Waals surface area contributed by atoms with Crippen LogP contribution in [-0.4, -0.2) is 22.1 Å². The molecule has 0 aliphatic heterocycles. The largest absolute Gasteiger partial charge is 0.496 e. The summed E-state index contributed by atoms with van der Waals surface area (Å²) in [6, 6.07) is 5.87. The van der Waals surface area contributed by atoms with E-state index in [1.165, 1.54) is 0 Å². The standard InChI is InChI=1S/C13H16ClN3O/c1-4-11(14)12-8-17(16-15-12)10-5-6-13(18-3)9(2)7-10/h5-8,11H,4H2,1-3H3. The van der Waals surface area contributed by atoms with E-state index >= 15 is 0 Å². The van der Waals surface area contributed by atoms with Crippen molar-refractivity contribution in [3.8, 4) is 11.4 Å². The topological polar surface area (TPSA) is 39.9 Å². The van der Waals surface area contributed by atoms with Crippen LogP contribution in [0, 0.1) is 6.92 Å². The Labute approximate surface area is 112 Å². The van der Waals surface area contributed by atoms with Gasteiger partial charge in [0.2, 0.25) is 0 Å². The van der Waals surface area contributed by atoms with Crippen LogP contribution in [0.1, 0.15) is 30.0 Å². The minimum atomic E-state index is -0.0851. The molecule has 1 aromatic carbocycles. The molecule has 0 aliphatic carbocycles. The van der Waals surface area contributed by atoms with Crippen molar-refractivity contribution in [1.82, 2.24) is 15.0 Å². The Balaban J connectivity index is 2.31. The van der Waals surface area contributed by atoms with Crippen LogP contribution in [0.25, 0.3) is 5.69 Å². The second-order valence-corrected chi connectivity index (χ2v) is 4.64. The lowest BCUT2D eigenvalue weighted by Gasteiger charge is -2.06. The first kappa shape index (κ1) is 12.9. The molecule has 0 saturated heterocycles. The van der Waals surface area contributed by atoms with Gasteiger partial charge in [-0.3, -0.25) is 0 Å². The van der Waals surface area contributed by atoms with Gasteiger partial charge >= 0.3 is 0 Å². The average Bonchev–Trinajstić information content (AvgIpc) is 2.87. The molecule has 96 valence electrons. The van der Waals surface area contributed by atoms with Crippen molar-refractivity contribution in [2.45, 2.75) is 25.6 Å². The number of hydrogen-bond donors (Lipinski definition) is 0. The highest BCUT2D eigenvalue weighted by Crippen LogP contribution is 2.24. The van der Waals surface area contributed by atoms with Crippen LogP contribution in [0.4, 0.5) is 0 Å².